The molecule has 21 heteroatoms. The molecular formula is C24H42O21. The fourth-order valence-corrected chi connectivity index (χ4v) is 5.65. The lowest BCUT2D eigenvalue weighted by atomic mass is 9.99. The Morgan fingerprint density at radius 1 is 0.444 bits per heavy atom. The average Bonchev–Trinajstić information content (AvgIpc) is 3.55. The molecule has 4 aliphatic rings. The molecule has 0 aromatic rings. The van der Waals surface area contributed by atoms with Gasteiger partial charge in [-0.05, 0) is 0 Å². The van der Waals surface area contributed by atoms with Gasteiger partial charge in [-0.3, -0.25) is 0 Å². The number of hydrogen-bond donors (Lipinski definition) is 14. The first kappa shape index (κ1) is 37.0. The lowest BCUT2D eigenvalue weighted by Gasteiger charge is -2.44. The summed E-state index contributed by atoms with van der Waals surface area (Å²) in [4.78, 5) is 0. The van der Waals surface area contributed by atoms with Crippen LogP contribution < -0.4 is 0 Å². The second-order valence-corrected chi connectivity index (χ2v) is 11.3. The van der Waals surface area contributed by atoms with Crippen LogP contribution in [0.2, 0.25) is 0 Å². The third-order valence-corrected chi connectivity index (χ3v) is 8.48. The molecule has 0 aromatic carbocycles. The monoisotopic (exact) mass is 666 g/mol. The van der Waals surface area contributed by atoms with E-state index in [1.807, 2.05) is 0 Å². The van der Waals surface area contributed by atoms with E-state index in [0.29, 0.717) is 0 Å². The van der Waals surface area contributed by atoms with Crippen molar-refractivity contribution < 1.29 is 105 Å². The Hall–Kier alpha value is -0.840. The van der Waals surface area contributed by atoms with Gasteiger partial charge in [0.25, 0.3) is 0 Å². The summed E-state index contributed by atoms with van der Waals surface area (Å²) in [6.07, 6.45) is -25.6. The molecule has 4 fully saturated rings. The summed E-state index contributed by atoms with van der Waals surface area (Å²) >= 11 is 0. The van der Waals surface area contributed by atoms with E-state index >= 15 is 0 Å². The third kappa shape index (κ3) is 6.49. The molecule has 14 N–H and O–H groups in total. The van der Waals surface area contributed by atoms with E-state index in [9.17, 15) is 71.5 Å². The van der Waals surface area contributed by atoms with Crippen molar-refractivity contribution in [1.82, 2.24) is 0 Å². The van der Waals surface area contributed by atoms with Crippen molar-refractivity contribution in [3.63, 3.8) is 0 Å². The van der Waals surface area contributed by atoms with E-state index in [0.717, 1.165) is 0 Å². The molecule has 5 unspecified atom stereocenters. The largest absolute Gasteiger partial charge is 0.394 e. The fourth-order valence-electron chi connectivity index (χ4n) is 5.65. The van der Waals surface area contributed by atoms with Crippen LogP contribution in [0, 0.1) is 0 Å². The van der Waals surface area contributed by atoms with Gasteiger partial charge in [-0.25, -0.2) is 0 Å². The maximum Gasteiger partial charge on any atom is 0.224 e. The summed E-state index contributed by atoms with van der Waals surface area (Å²) in [5.74, 6) is -7.73. The zero-order chi connectivity index (χ0) is 33.5. The van der Waals surface area contributed by atoms with Crippen molar-refractivity contribution in [1.29, 1.82) is 0 Å². The minimum Gasteiger partial charge on any atom is -0.394 e. The van der Waals surface area contributed by atoms with E-state index < -0.39 is 149 Å². The van der Waals surface area contributed by atoms with Crippen LogP contribution in [0.5, 0.6) is 0 Å². The predicted octanol–water partition coefficient (Wildman–Crippen LogP) is -9.74. The minimum atomic E-state index is -2.67. The highest BCUT2D eigenvalue weighted by atomic mass is 16.8. The average molecular weight is 667 g/mol. The topological polar surface area (TPSA) is 348 Å². The lowest BCUT2D eigenvalue weighted by molar-refractivity contribution is -0.404. The van der Waals surface area contributed by atoms with Gasteiger partial charge in [0.15, 0.2) is 6.29 Å². The number of ether oxygens (including phenoxy) is 7. The Morgan fingerprint density at radius 2 is 0.844 bits per heavy atom. The molecule has 0 saturated carbocycles. The predicted molar refractivity (Wildman–Crippen MR) is 134 cm³/mol. The number of aliphatic hydroxyl groups is 14. The molecule has 4 saturated heterocycles. The maximum atomic E-state index is 11.0. The van der Waals surface area contributed by atoms with Gasteiger partial charge < -0.3 is 105 Å². The van der Waals surface area contributed by atoms with Gasteiger partial charge in [-0.2, -0.15) is 0 Å². The van der Waals surface area contributed by atoms with Crippen LogP contribution in [-0.2, 0) is 33.2 Å². The molecular weight excluding hydrogens is 624 g/mol. The number of rotatable bonds is 13. The highest BCUT2D eigenvalue weighted by Crippen LogP contribution is 2.41. The standard InChI is InChI=1S/C24H42O21/c25-1-8-12(30)16(34)17(35)21(41-8)45-24(20(38)15(33)11(4-28)44-24)7-40-23(19(37)14(32)10(3-27)43-23)6-39-22(5-29)18(36)13(31)9(2-26)42-22/h8-21,25-38H,1-7H2/t8?,9-,10-,11-,12-,13?,14?,15?,16+,17?,18-,19-,20-,21+,22-,23-,24+/m1/s1. The molecule has 4 aliphatic heterocycles. The lowest BCUT2D eigenvalue weighted by Crippen LogP contribution is -2.63. The smallest absolute Gasteiger partial charge is 0.224 e. The summed E-state index contributed by atoms with van der Waals surface area (Å²) < 4.78 is 38.7. The van der Waals surface area contributed by atoms with Crippen LogP contribution in [0.3, 0.4) is 0 Å². The molecule has 0 radical (unpaired) electrons. The Kier molecular flexibility index (Phi) is 11.8. The second kappa shape index (κ2) is 14.3. The molecule has 4 rings (SSSR count). The van der Waals surface area contributed by atoms with Crippen LogP contribution in [0.15, 0.2) is 0 Å². The zero-order valence-electron chi connectivity index (χ0n) is 23.7. The molecule has 17 atom stereocenters. The third-order valence-electron chi connectivity index (χ3n) is 8.48. The Morgan fingerprint density at radius 3 is 1.31 bits per heavy atom. The quantitative estimate of drug-likeness (QED) is 0.0867. The van der Waals surface area contributed by atoms with Crippen molar-refractivity contribution in [3.8, 4) is 0 Å². The first-order valence-electron chi connectivity index (χ1n) is 14.0. The SMILES string of the molecule is OCC1O[C@@H](O[C@]2(CO[C@]3(CO[C@]4(CO)O[C@H](CO)C(O)[C@H]4O)O[C@H](CO)C(O)[C@H]3O)O[C@H](CO)C(O)[C@H]2O)C(O)[C@@H](O)[C@@H]1O. The molecule has 0 aliphatic carbocycles. The van der Waals surface area contributed by atoms with Crippen molar-refractivity contribution in [2.75, 3.05) is 46.2 Å². The Balaban J connectivity index is 1.65. The van der Waals surface area contributed by atoms with Crippen molar-refractivity contribution in [2.24, 2.45) is 0 Å². The van der Waals surface area contributed by atoms with Crippen LogP contribution >= 0.6 is 0 Å². The van der Waals surface area contributed by atoms with E-state index in [1.54, 1.807) is 0 Å². The van der Waals surface area contributed by atoms with E-state index in [-0.39, 0.29) is 0 Å². The van der Waals surface area contributed by atoms with Gasteiger partial charge in [-0.15, -0.1) is 0 Å². The molecule has 0 aromatic heterocycles. The first-order valence-corrected chi connectivity index (χ1v) is 14.0. The summed E-state index contributed by atoms with van der Waals surface area (Å²) in [6.45, 7) is -6.84. The summed E-state index contributed by atoms with van der Waals surface area (Å²) in [5, 5.41) is 143. The summed E-state index contributed by atoms with van der Waals surface area (Å²) in [5.41, 5.74) is 0. The molecule has 264 valence electrons. The molecule has 45 heavy (non-hydrogen) atoms. The normalized spacial score (nSPS) is 52.1. The van der Waals surface area contributed by atoms with Gasteiger partial charge in [0, 0.05) is 0 Å². The second-order valence-electron chi connectivity index (χ2n) is 11.3. The van der Waals surface area contributed by atoms with E-state index in [2.05, 4.69) is 0 Å². The van der Waals surface area contributed by atoms with Crippen molar-refractivity contribution in [3.05, 3.63) is 0 Å². The van der Waals surface area contributed by atoms with Crippen molar-refractivity contribution in [2.45, 2.75) is 103 Å². The molecule has 0 spiro atoms. The van der Waals surface area contributed by atoms with Gasteiger partial charge in [0.1, 0.15) is 99.2 Å². The van der Waals surface area contributed by atoms with Crippen LogP contribution in [0.25, 0.3) is 0 Å². The highest BCUT2D eigenvalue weighted by Gasteiger charge is 2.64. The summed E-state index contributed by atoms with van der Waals surface area (Å²) in [7, 11) is 0. The molecule has 0 amide bonds. The minimum absolute atomic E-state index is 0.809. The zero-order valence-corrected chi connectivity index (χ0v) is 23.7. The molecule has 21 nitrogen and oxygen atoms in total. The molecule has 0 bridgehead atoms. The maximum absolute atomic E-state index is 11.0. The number of hydrogen-bond acceptors (Lipinski definition) is 21. The van der Waals surface area contributed by atoms with Gasteiger partial charge >= 0.3 is 0 Å². The van der Waals surface area contributed by atoms with Crippen LogP contribution in [0.4, 0.5) is 0 Å². The first-order chi connectivity index (χ1) is 21.2. The Bertz CT molecular complexity index is 962. The van der Waals surface area contributed by atoms with Crippen molar-refractivity contribution >= 4 is 0 Å². The highest BCUT2D eigenvalue weighted by molar-refractivity contribution is 5.03. The fraction of sp³-hybridized carbons (Fsp3) is 1.00. The molecule has 4 heterocycles. The number of aliphatic hydroxyl groups excluding tert-OH is 14. The van der Waals surface area contributed by atoms with Gasteiger partial charge in [-0.1, -0.05) is 0 Å². The van der Waals surface area contributed by atoms with Crippen LogP contribution in [-0.4, -0.2) is 221 Å². The van der Waals surface area contributed by atoms with Gasteiger partial charge in [0.2, 0.25) is 17.4 Å². The van der Waals surface area contributed by atoms with Gasteiger partial charge in [0.05, 0.1) is 26.4 Å². The summed E-state index contributed by atoms with van der Waals surface area (Å²) in [6, 6.07) is 0. The Labute approximate surface area is 254 Å². The van der Waals surface area contributed by atoms with Crippen LogP contribution in [0.1, 0.15) is 0 Å². The van der Waals surface area contributed by atoms with E-state index in [4.69, 9.17) is 33.2 Å². The van der Waals surface area contributed by atoms with E-state index in [1.165, 1.54) is 0 Å².